The molecule has 13 heteroatoms. The average molecular weight is 582 g/mol. The number of nitrogens with zero attached hydrogens (tertiary/aromatic N) is 2. The molecule has 0 saturated carbocycles. The van der Waals surface area contributed by atoms with Crippen molar-refractivity contribution in [3.63, 3.8) is 0 Å². The van der Waals surface area contributed by atoms with Gasteiger partial charge in [0.2, 0.25) is 11.8 Å². The molecule has 3 aliphatic heterocycles. The molecule has 0 aromatic heterocycles. The number of nitrogens with one attached hydrogen (secondary N) is 3. The van der Waals surface area contributed by atoms with E-state index in [1.54, 1.807) is 23.1 Å². The Balaban J connectivity index is 1.40. The number of amides is 4. The Kier molecular flexibility index (Phi) is 8.84. The highest BCUT2D eigenvalue weighted by molar-refractivity contribution is 6.39. The van der Waals surface area contributed by atoms with Gasteiger partial charge in [0.05, 0.1) is 13.2 Å². The number of hydrogen-bond acceptors (Lipinski definition) is 8. The van der Waals surface area contributed by atoms with Crippen LogP contribution in [0.1, 0.15) is 36.8 Å². The number of benzene rings is 2. The molecule has 0 radical (unpaired) electrons. The van der Waals surface area contributed by atoms with E-state index in [4.69, 9.17) is 14.2 Å². The van der Waals surface area contributed by atoms with Crippen LogP contribution in [-0.4, -0.2) is 73.2 Å². The van der Waals surface area contributed by atoms with Gasteiger partial charge in [-0.15, -0.1) is 0 Å². The van der Waals surface area contributed by atoms with Crippen LogP contribution >= 0.6 is 0 Å². The topological polar surface area (TPSA) is 148 Å². The van der Waals surface area contributed by atoms with E-state index >= 15 is 0 Å². The minimum absolute atomic E-state index is 0.0965. The van der Waals surface area contributed by atoms with Crippen molar-refractivity contribution < 1.29 is 37.8 Å². The Hall–Kier alpha value is -4.68. The lowest BCUT2D eigenvalue weighted by Crippen LogP contribution is -2.59. The van der Waals surface area contributed by atoms with Gasteiger partial charge in [-0.2, -0.15) is 5.10 Å². The molecule has 1 saturated heterocycles. The van der Waals surface area contributed by atoms with Crippen molar-refractivity contribution in [2.75, 3.05) is 26.8 Å². The molecule has 2 aromatic carbocycles. The first-order valence-corrected chi connectivity index (χ1v) is 13.7. The number of hydrogen-bond donors (Lipinski definition) is 3. The Labute approximate surface area is 241 Å². The zero-order valence-corrected chi connectivity index (χ0v) is 23.1. The number of piperidine rings is 1. The molecule has 5 rings (SSSR count). The Morgan fingerprint density at radius 1 is 1.02 bits per heavy atom. The third kappa shape index (κ3) is 7.14. The maximum atomic E-state index is 14.5. The molecule has 2 atom stereocenters. The molecule has 1 fully saturated rings. The van der Waals surface area contributed by atoms with E-state index in [-0.39, 0.29) is 68.1 Å². The van der Waals surface area contributed by atoms with E-state index in [9.17, 15) is 23.6 Å². The number of likely N-dealkylation sites (tertiary alicyclic amines) is 1. The van der Waals surface area contributed by atoms with E-state index < -0.39 is 23.9 Å². The fraction of sp³-hybridized carbons (Fsp3) is 0.414. The number of carbonyl (C=O) groups is 4. The van der Waals surface area contributed by atoms with Gasteiger partial charge in [-0.25, -0.2) is 9.82 Å². The van der Waals surface area contributed by atoms with Crippen molar-refractivity contribution in [1.82, 2.24) is 21.0 Å². The van der Waals surface area contributed by atoms with Crippen molar-refractivity contribution in [2.24, 2.45) is 5.10 Å². The number of hydrazone groups is 1. The second kappa shape index (κ2) is 12.9. The zero-order valence-electron chi connectivity index (χ0n) is 23.1. The number of rotatable bonds is 2. The summed E-state index contributed by atoms with van der Waals surface area (Å²) >= 11 is 0. The number of aryl methyl sites for hydroxylation is 1. The fourth-order valence-electron chi connectivity index (χ4n) is 5.10. The van der Waals surface area contributed by atoms with Crippen LogP contribution in [-0.2, 0) is 32.1 Å². The maximum Gasteiger partial charge on any atom is 0.270 e. The second-order valence-corrected chi connectivity index (χ2v) is 10.3. The Morgan fingerprint density at radius 3 is 2.64 bits per heavy atom. The van der Waals surface area contributed by atoms with Crippen LogP contribution in [0.2, 0.25) is 0 Å². The molecule has 3 N–H and O–H groups in total. The lowest BCUT2D eigenvalue weighted by atomic mass is 10.00. The Morgan fingerprint density at radius 2 is 1.86 bits per heavy atom. The van der Waals surface area contributed by atoms with Gasteiger partial charge in [-0.05, 0) is 41.8 Å². The van der Waals surface area contributed by atoms with Crippen molar-refractivity contribution in [3.8, 4) is 17.2 Å². The molecule has 0 spiro atoms. The summed E-state index contributed by atoms with van der Waals surface area (Å²) < 4.78 is 31.9. The van der Waals surface area contributed by atoms with Crippen molar-refractivity contribution in [3.05, 3.63) is 53.3 Å². The summed E-state index contributed by atoms with van der Waals surface area (Å²) in [6, 6.07) is 8.77. The first-order chi connectivity index (χ1) is 20.3. The van der Waals surface area contributed by atoms with Crippen molar-refractivity contribution in [2.45, 2.75) is 50.8 Å². The highest BCUT2D eigenvalue weighted by Gasteiger charge is 2.36. The van der Waals surface area contributed by atoms with Crippen molar-refractivity contribution >= 4 is 29.3 Å². The van der Waals surface area contributed by atoms with Gasteiger partial charge < -0.3 is 29.7 Å². The molecule has 4 bridgehead atoms. The highest BCUT2D eigenvalue weighted by Crippen LogP contribution is 2.29. The molecule has 3 aliphatic rings. The van der Waals surface area contributed by atoms with Crippen LogP contribution in [0.4, 0.5) is 4.39 Å². The first kappa shape index (κ1) is 28.8. The minimum atomic E-state index is -0.670. The van der Waals surface area contributed by atoms with Gasteiger partial charge >= 0.3 is 0 Å². The molecule has 0 unspecified atom stereocenters. The van der Waals surface area contributed by atoms with Crippen LogP contribution < -0.4 is 30.3 Å². The van der Waals surface area contributed by atoms with Crippen LogP contribution in [0.5, 0.6) is 17.2 Å². The van der Waals surface area contributed by atoms with Crippen LogP contribution in [0, 0.1) is 5.82 Å². The third-order valence-electron chi connectivity index (χ3n) is 7.27. The predicted molar refractivity (Wildman–Crippen MR) is 147 cm³/mol. The van der Waals surface area contributed by atoms with E-state index in [1.165, 1.54) is 19.2 Å². The van der Waals surface area contributed by atoms with Gasteiger partial charge in [0, 0.05) is 51.4 Å². The molecule has 4 amide bonds. The number of methoxy groups -OCH3 is 1. The van der Waals surface area contributed by atoms with Crippen LogP contribution in [0.15, 0.2) is 41.5 Å². The predicted octanol–water partition coefficient (Wildman–Crippen LogP) is 1.21. The van der Waals surface area contributed by atoms with E-state index in [0.717, 1.165) is 5.56 Å². The summed E-state index contributed by atoms with van der Waals surface area (Å²) in [5.41, 5.74) is 3.89. The lowest BCUT2D eigenvalue weighted by Gasteiger charge is -2.39. The SMILES string of the molecule is COc1ccc2cc1OCC(=O)N[C@@H]1CN(C(=O)C3=NNC(=O)CC3)CC[C@H]1Oc1cc(F)cc(c1)CNC(=O)CC2. The molecule has 0 aliphatic carbocycles. The molecular formula is C29H32FN5O7. The van der Waals surface area contributed by atoms with Gasteiger partial charge in [0.25, 0.3) is 11.8 Å². The third-order valence-corrected chi connectivity index (χ3v) is 7.27. The second-order valence-electron chi connectivity index (χ2n) is 10.3. The normalized spacial score (nSPS) is 21.5. The first-order valence-electron chi connectivity index (χ1n) is 13.7. The standard InChI is InChI=1S/C29H32FN5O7/c1-40-24-5-2-17-3-6-26(36)31-14-18-10-19(30)13-20(11-18)42-23-8-9-35(29(39)21-4-7-27(37)34-33-21)15-22(23)32-28(38)16-41-25(24)12-17/h2,5,10-13,22-23H,3-4,6-9,14-16H2,1H3,(H,31,36)(H,32,38)(H,34,37)/t22-,23-/m1/s1. The molecule has 42 heavy (non-hydrogen) atoms. The smallest absolute Gasteiger partial charge is 0.270 e. The largest absolute Gasteiger partial charge is 0.493 e. The number of halogens is 1. The molecule has 3 heterocycles. The minimum Gasteiger partial charge on any atom is -0.493 e. The number of fused-ring (bicyclic) bond motifs is 5. The summed E-state index contributed by atoms with van der Waals surface area (Å²) in [5, 5.41) is 9.62. The van der Waals surface area contributed by atoms with Crippen LogP contribution in [0.3, 0.4) is 0 Å². The fourth-order valence-corrected chi connectivity index (χ4v) is 5.10. The summed E-state index contributed by atoms with van der Waals surface area (Å²) in [6.45, 7) is 0.150. The molecule has 12 nitrogen and oxygen atoms in total. The van der Waals surface area contributed by atoms with E-state index in [0.29, 0.717) is 36.4 Å². The number of carbonyl (C=O) groups excluding carboxylic acids is 4. The summed E-state index contributed by atoms with van der Waals surface area (Å²) in [5.74, 6) is -0.784. The molecule has 2 aromatic rings. The molecular weight excluding hydrogens is 549 g/mol. The van der Waals surface area contributed by atoms with Gasteiger partial charge in [0.1, 0.15) is 23.4 Å². The molecule has 222 valence electrons. The Bertz CT molecular complexity index is 1410. The zero-order chi connectivity index (χ0) is 29.6. The maximum absolute atomic E-state index is 14.5. The number of ether oxygens (including phenoxy) is 3. The summed E-state index contributed by atoms with van der Waals surface area (Å²) in [7, 11) is 1.49. The van der Waals surface area contributed by atoms with Gasteiger partial charge in [-0.1, -0.05) is 6.07 Å². The van der Waals surface area contributed by atoms with Crippen molar-refractivity contribution in [1.29, 1.82) is 0 Å². The van der Waals surface area contributed by atoms with Crippen LogP contribution in [0.25, 0.3) is 0 Å². The average Bonchev–Trinajstić information content (AvgIpc) is 2.98. The summed E-state index contributed by atoms with van der Waals surface area (Å²) in [6.07, 6.45) is 0.716. The lowest BCUT2D eigenvalue weighted by molar-refractivity contribution is -0.130. The van der Waals surface area contributed by atoms with Gasteiger partial charge in [0.15, 0.2) is 18.1 Å². The van der Waals surface area contributed by atoms with E-state index in [2.05, 4.69) is 21.2 Å². The quantitative estimate of drug-likeness (QED) is 0.483. The van der Waals surface area contributed by atoms with Gasteiger partial charge in [-0.3, -0.25) is 19.2 Å². The monoisotopic (exact) mass is 581 g/mol. The highest BCUT2D eigenvalue weighted by atomic mass is 19.1. The van der Waals surface area contributed by atoms with E-state index in [1.807, 2.05) is 6.07 Å². The summed E-state index contributed by atoms with van der Waals surface area (Å²) in [4.78, 5) is 51.8.